The van der Waals surface area contributed by atoms with Crippen molar-refractivity contribution >= 4 is 5.91 Å². The average Bonchev–Trinajstić information content (AvgIpc) is 3.21. The molecule has 5 nitrogen and oxygen atoms in total. The minimum Gasteiger partial charge on any atom is -0.468 e. The van der Waals surface area contributed by atoms with Crippen LogP contribution in [-0.4, -0.2) is 43.5 Å². The SMILES string of the molecule is CC1(C(=O)NCC(c2ccco2)N2CCCC2)CCNC1. The first-order chi connectivity index (χ1) is 10.2. The van der Waals surface area contributed by atoms with Crippen LogP contribution in [0, 0.1) is 5.41 Å². The van der Waals surface area contributed by atoms with Crippen molar-refractivity contribution in [2.45, 2.75) is 32.2 Å². The first kappa shape index (κ1) is 14.6. The van der Waals surface area contributed by atoms with Crippen molar-refractivity contribution in [2.75, 3.05) is 32.7 Å². The lowest BCUT2D eigenvalue weighted by molar-refractivity contribution is -0.129. The molecule has 2 N–H and O–H groups in total. The zero-order valence-electron chi connectivity index (χ0n) is 12.7. The molecule has 5 heteroatoms. The predicted molar refractivity (Wildman–Crippen MR) is 80.9 cm³/mol. The van der Waals surface area contributed by atoms with E-state index in [9.17, 15) is 4.79 Å². The van der Waals surface area contributed by atoms with Crippen LogP contribution < -0.4 is 10.6 Å². The van der Waals surface area contributed by atoms with E-state index < -0.39 is 0 Å². The highest BCUT2D eigenvalue weighted by Gasteiger charge is 2.37. The van der Waals surface area contributed by atoms with Crippen LogP contribution in [-0.2, 0) is 4.79 Å². The zero-order valence-corrected chi connectivity index (χ0v) is 12.7. The monoisotopic (exact) mass is 291 g/mol. The molecule has 3 heterocycles. The van der Waals surface area contributed by atoms with Crippen LogP contribution in [0.2, 0.25) is 0 Å². The fourth-order valence-corrected chi connectivity index (χ4v) is 3.36. The minimum absolute atomic E-state index is 0.156. The van der Waals surface area contributed by atoms with E-state index in [-0.39, 0.29) is 17.4 Å². The molecule has 1 aromatic rings. The number of hydrogen-bond acceptors (Lipinski definition) is 4. The molecular formula is C16H25N3O2. The Kier molecular flexibility index (Phi) is 4.31. The highest BCUT2D eigenvalue weighted by atomic mass is 16.3. The normalized spacial score (nSPS) is 27.9. The molecule has 0 spiro atoms. The van der Waals surface area contributed by atoms with Crippen LogP contribution >= 0.6 is 0 Å². The summed E-state index contributed by atoms with van der Waals surface area (Å²) < 4.78 is 5.59. The van der Waals surface area contributed by atoms with Crippen LogP contribution in [0.25, 0.3) is 0 Å². The van der Waals surface area contributed by atoms with Gasteiger partial charge in [-0.1, -0.05) is 0 Å². The van der Waals surface area contributed by atoms with Gasteiger partial charge in [-0.15, -0.1) is 0 Å². The van der Waals surface area contributed by atoms with Gasteiger partial charge in [0.05, 0.1) is 17.7 Å². The van der Waals surface area contributed by atoms with E-state index in [1.807, 2.05) is 19.1 Å². The Labute approximate surface area is 126 Å². The zero-order chi connectivity index (χ0) is 14.7. The molecular weight excluding hydrogens is 266 g/mol. The first-order valence-corrected chi connectivity index (χ1v) is 7.95. The number of likely N-dealkylation sites (tertiary alicyclic amines) is 1. The molecule has 0 saturated carbocycles. The van der Waals surface area contributed by atoms with Crippen LogP contribution in [0.5, 0.6) is 0 Å². The summed E-state index contributed by atoms with van der Waals surface area (Å²) in [7, 11) is 0. The average molecular weight is 291 g/mol. The summed E-state index contributed by atoms with van der Waals surface area (Å²) >= 11 is 0. The summed E-state index contributed by atoms with van der Waals surface area (Å²) in [6.07, 6.45) is 5.08. The number of rotatable bonds is 5. The van der Waals surface area contributed by atoms with Crippen molar-refractivity contribution < 1.29 is 9.21 Å². The van der Waals surface area contributed by atoms with E-state index in [2.05, 4.69) is 15.5 Å². The highest BCUT2D eigenvalue weighted by Crippen LogP contribution is 2.27. The molecule has 21 heavy (non-hydrogen) atoms. The van der Waals surface area contributed by atoms with Gasteiger partial charge in [0.25, 0.3) is 0 Å². The molecule has 2 saturated heterocycles. The van der Waals surface area contributed by atoms with Gasteiger partial charge in [-0.25, -0.2) is 0 Å². The van der Waals surface area contributed by atoms with Crippen LogP contribution in [0.15, 0.2) is 22.8 Å². The number of amides is 1. The lowest BCUT2D eigenvalue weighted by Crippen LogP contribution is -2.44. The Morgan fingerprint density at radius 2 is 2.33 bits per heavy atom. The van der Waals surface area contributed by atoms with Crippen LogP contribution in [0.1, 0.15) is 38.0 Å². The van der Waals surface area contributed by atoms with Crippen molar-refractivity contribution in [3.05, 3.63) is 24.2 Å². The molecule has 1 amide bonds. The predicted octanol–water partition coefficient (Wildman–Crippen LogP) is 1.53. The molecule has 1 aromatic heterocycles. The molecule has 0 radical (unpaired) electrons. The van der Waals surface area contributed by atoms with Gasteiger partial charge in [-0.3, -0.25) is 9.69 Å². The molecule has 2 aliphatic rings. The number of furan rings is 1. The third kappa shape index (κ3) is 3.14. The van der Waals surface area contributed by atoms with E-state index in [0.29, 0.717) is 6.54 Å². The van der Waals surface area contributed by atoms with Gasteiger partial charge in [0.15, 0.2) is 0 Å². The van der Waals surface area contributed by atoms with E-state index >= 15 is 0 Å². The van der Waals surface area contributed by atoms with Crippen molar-refractivity contribution in [3.63, 3.8) is 0 Å². The van der Waals surface area contributed by atoms with Crippen molar-refractivity contribution in [3.8, 4) is 0 Å². The van der Waals surface area contributed by atoms with Crippen molar-refractivity contribution in [2.24, 2.45) is 5.41 Å². The molecule has 2 aliphatic heterocycles. The third-order valence-corrected chi connectivity index (χ3v) is 4.83. The van der Waals surface area contributed by atoms with Gasteiger partial charge < -0.3 is 15.1 Å². The summed E-state index contributed by atoms with van der Waals surface area (Å²) in [5.74, 6) is 1.11. The van der Waals surface area contributed by atoms with Gasteiger partial charge in [0.2, 0.25) is 5.91 Å². The molecule has 0 bridgehead atoms. The number of nitrogens with one attached hydrogen (secondary N) is 2. The first-order valence-electron chi connectivity index (χ1n) is 7.95. The highest BCUT2D eigenvalue weighted by molar-refractivity contribution is 5.82. The molecule has 3 rings (SSSR count). The summed E-state index contributed by atoms with van der Waals surface area (Å²) in [5.41, 5.74) is -0.265. The minimum atomic E-state index is -0.265. The summed E-state index contributed by atoms with van der Waals surface area (Å²) in [6.45, 7) is 6.54. The van der Waals surface area contributed by atoms with Crippen LogP contribution in [0.3, 0.4) is 0 Å². The third-order valence-electron chi connectivity index (χ3n) is 4.83. The Bertz CT molecular complexity index is 460. The standard InChI is InChI=1S/C16H25N3O2/c1-16(6-7-17-12-16)15(20)18-11-13(14-5-4-10-21-14)19-8-2-3-9-19/h4-5,10,13,17H,2-3,6-9,11-12H2,1H3,(H,18,20). The Morgan fingerprint density at radius 1 is 1.52 bits per heavy atom. The maximum Gasteiger partial charge on any atom is 0.227 e. The molecule has 2 atom stereocenters. The lowest BCUT2D eigenvalue weighted by atomic mass is 9.88. The van der Waals surface area contributed by atoms with Gasteiger partial charge in [-0.2, -0.15) is 0 Å². The number of carbonyl (C=O) groups excluding carboxylic acids is 1. The van der Waals surface area contributed by atoms with Crippen molar-refractivity contribution in [1.82, 2.24) is 15.5 Å². The summed E-state index contributed by atoms with van der Waals surface area (Å²) in [4.78, 5) is 14.9. The van der Waals surface area contributed by atoms with E-state index in [0.717, 1.165) is 38.4 Å². The fourth-order valence-electron chi connectivity index (χ4n) is 3.36. The smallest absolute Gasteiger partial charge is 0.227 e. The molecule has 2 unspecified atom stereocenters. The largest absolute Gasteiger partial charge is 0.468 e. The number of nitrogens with zero attached hydrogens (tertiary/aromatic N) is 1. The van der Waals surface area contributed by atoms with E-state index in [4.69, 9.17) is 4.42 Å². The van der Waals surface area contributed by atoms with Gasteiger partial charge in [0.1, 0.15) is 5.76 Å². The topological polar surface area (TPSA) is 57.5 Å². The molecule has 0 aromatic carbocycles. The Morgan fingerprint density at radius 3 is 2.95 bits per heavy atom. The fraction of sp³-hybridized carbons (Fsp3) is 0.688. The van der Waals surface area contributed by atoms with Gasteiger partial charge in [0, 0.05) is 13.1 Å². The Balaban J connectivity index is 1.63. The second kappa shape index (κ2) is 6.20. The van der Waals surface area contributed by atoms with E-state index in [1.54, 1.807) is 6.26 Å². The maximum atomic E-state index is 12.5. The second-order valence-corrected chi connectivity index (χ2v) is 6.47. The summed E-state index contributed by atoms with van der Waals surface area (Å²) in [6, 6.07) is 4.08. The van der Waals surface area contributed by atoms with Crippen LogP contribution in [0.4, 0.5) is 0 Å². The van der Waals surface area contributed by atoms with E-state index in [1.165, 1.54) is 12.8 Å². The number of hydrogen-bond donors (Lipinski definition) is 2. The molecule has 116 valence electrons. The second-order valence-electron chi connectivity index (χ2n) is 6.47. The maximum absolute atomic E-state index is 12.5. The van der Waals surface area contributed by atoms with Gasteiger partial charge in [-0.05, 0) is 58.0 Å². The lowest BCUT2D eigenvalue weighted by Gasteiger charge is -2.28. The van der Waals surface area contributed by atoms with Crippen molar-refractivity contribution in [1.29, 1.82) is 0 Å². The number of carbonyl (C=O) groups is 1. The summed E-state index contributed by atoms with van der Waals surface area (Å²) in [5, 5.41) is 6.42. The quantitative estimate of drug-likeness (QED) is 0.864. The molecule has 0 aliphatic carbocycles. The molecule has 2 fully saturated rings. The van der Waals surface area contributed by atoms with Gasteiger partial charge >= 0.3 is 0 Å². The Hall–Kier alpha value is -1.33.